The Hall–Kier alpha value is -1.51. The zero-order valence-electron chi connectivity index (χ0n) is 9.37. The zero-order valence-corrected chi connectivity index (χ0v) is 9.37. The normalized spacial score (nSPS) is 12.2. The molecule has 1 unspecified atom stereocenters. The third kappa shape index (κ3) is 2.98. The zero-order chi connectivity index (χ0) is 11.4. The fourth-order valence-corrected chi connectivity index (χ4v) is 1.50. The minimum atomic E-state index is -0.808. The molecular weight excluding hydrogens is 190 g/mol. The second-order valence-electron chi connectivity index (χ2n) is 3.76. The molecule has 3 nitrogen and oxygen atoms in total. The maximum atomic E-state index is 10.9. The average molecular weight is 207 g/mol. The van der Waals surface area contributed by atoms with E-state index in [0.29, 0.717) is 6.42 Å². The molecule has 0 aliphatic heterocycles. The first kappa shape index (κ1) is 11.6. The van der Waals surface area contributed by atoms with Gasteiger partial charge in [0.05, 0.1) is 0 Å². The standard InChI is InChI=1S/C12H17NO2/c1-4-10(12(14)15)13-11-6-5-8(2)7-9(11)3/h5-7,10,13H,4H2,1-3H3,(H,14,15). The van der Waals surface area contributed by atoms with Gasteiger partial charge in [-0.1, -0.05) is 24.6 Å². The number of carboxylic acids is 1. The van der Waals surface area contributed by atoms with Crippen molar-refractivity contribution in [1.29, 1.82) is 0 Å². The molecule has 1 atom stereocenters. The Morgan fingerprint density at radius 1 is 1.47 bits per heavy atom. The van der Waals surface area contributed by atoms with E-state index in [-0.39, 0.29) is 0 Å². The summed E-state index contributed by atoms with van der Waals surface area (Å²) in [5.41, 5.74) is 3.16. The maximum Gasteiger partial charge on any atom is 0.326 e. The summed E-state index contributed by atoms with van der Waals surface area (Å²) in [5, 5.41) is 11.9. The number of aliphatic carboxylic acids is 1. The highest BCUT2D eigenvalue weighted by molar-refractivity contribution is 5.77. The van der Waals surface area contributed by atoms with Crippen molar-refractivity contribution in [2.75, 3.05) is 5.32 Å². The average Bonchev–Trinajstić information content (AvgIpc) is 2.16. The highest BCUT2D eigenvalue weighted by Gasteiger charge is 2.14. The Bertz CT molecular complexity index is 361. The molecular formula is C12H17NO2. The first-order chi connectivity index (χ1) is 7.04. The summed E-state index contributed by atoms with van der Waals surface area (Å²) in [6.45, 7) is 5.85. The first-order valence-electron chi connectivity index (χ1n) is 5.11. The number of hydrogen-bond acceptors (Lipinski definition) is 2. The molecule has 0 saturated heterocycles. The van der Waals surface area contributed by atoms with Crippen molar-refractivity contribution in [3.8, 4) is 0 Å². The Morgan fingerprint density at radius 2 is 2.13 bits per heavy atom. The lowest BCUT2D eigenvalue weighted by molar-refractivity contribution is -0.137. The van der Waals surface area contributed by atoms with Gasteiger partial charge in [-0.25, -0.2) is 4.79 Å². The molecule has 0 amide bonds. The van der Waals surface area contributed by atoms with E-state index < -0.39 is 12.0 Å². The summed E-state index contributed by atoms with van der Waals surface area (Å²) < 4.78 is 0. The van der Waals surface area contributed by atoms with Gasteiger partial charge in [0.15, 0.2) is 0 Å². The summed E-state index contributed by atoms with van der Waals surface area (Å²) in [5.74, 6) is -0.808. The Balaban J connectivity index is 2.84. The highest BCUT2D eigenvalue weighted by atomic mass is 16.4. The van der Waals surface area contributed by atoms with Gasteiger partial charge >= 0.3 is 5.97 Å². The van der Waals surface area contributed by atoms with Crippen LogP contribution >= 0.6 is 0 Å². The molecule has 3 heteroatoms. The summed E-state index contributed by atoms with van der Waals surface area (Å²) in [6.07, 6.45) is 0.572. The van der Waals surface area contributed by atoms with Gasteiger partial charge in [-0.3, -0.25) is 0 Å². The Labute approximate surface area is 90.1 Å². The van der Waals surface area contributed by atoms with Crippen molar-refractivity contribution in [2.24, 2.45) is 0 Å². The van der Waals surface area contributed by atoms with E-state index in [9.17, 15) is 4.79 Å². The predicted octanol–water partition coefficient (Wildman–Crippen LogP) is 2.58. The molecule has 0 saturated carbocycles. The van der Waals surface area contributed by atoms with Crippen molar-refractivity contribution >= 4 is 11.7 Å². The topological polar surface area (TPSA) is 49.3 Å². The second-order valence-corrected chi connectivity index (χ2v) is 3.76. The number of carboxylic acid groups (broad SMARTS) is 1. The molecule has 1 rings (SSSR count). The second kappa shape index (κ2) is 4.82. The number of carbonyl (C=O) groups is 1. The van der Waals surface area contributed by atoms with Crippen LogP contribution in [0.4, 0.5) is 5.69 Å². The van der Waals surface area contributed by atoms with Gasteiger partial charge in [0, 0.05) is 5.69 Å². The molecule has 1 aromatic rings. The number of rotatable bonds is 4. The van der Waals surface area contributed by atoms with Crippen molar-refractivity contribution < 1.29 is 9.90 Å². The van der Waals surface area contributed by atoms with Gasteiger partial charge in [0.2, 0.25) is 0 Å². The summed E-state index contributed by atoms with van der Waals surface area (Å²) >= 11 is 0. The molecule has 0 heterocycles. The number of nitrogens with one attached hydrogen (secondary N) is 1. The van der Waals surface area contributed by atoms with E-state index in [2.05, 4.69) is 5.32 Å². The van der Waals surface area contributed by atoms with Crippen molar-refractivity contribution in [3.63, 3.8) is 0 Å². The molecule has 0 aliphatic rings. The van der Waals surface area contributed by atoms with Crippen LogP contribution in [0, 0.1) is 13.8 Å². The third-order valence-electron chi connectivity index (χ3n) is 2.42. The van der Waals surface area contributed by atoms with Gasteiger partial charge in [-0.05, 0) is 31.9 Å². The number of anilines is 1. The summed E-state index contributed by atoms with van der Waals surface area (Å²) in [7, 11) is 0. The SMILES string of the molecule is CCC(Nc1ccc(C)cc1C)C(=O)O. The largest absolute Gasteiger partial charge is 0.480 e. The highest BCUT2D eigenvalue weighted by Crippen LogP contribution is 2.17. The van der Waals surface area contributed by atoms with Crippen LogP contribution in [0.1, 0.15) is 24.5 Å². The van der Waals surface area contributed by atoms with Crippen LogP contribution < -0.4 is 5.32 Å². The molecule has 1 aromatic carbocycles. The molecule has 0 bridgehead atoms. The molecule has 0 radical (unpaired) electrons. The van der Waals surface area contributed by atoms with Crippen LogP contribution in [-0.2, 0) is 4.79 Å². The minimum absolute atomic E-state index is 0.508. The molecule has 2 N–H and O–H groups in total. The molecule has 82 valence electrons. The molecule has 0 spiro atoms. The van der Waals surface area contributed by atoms with Crippen LogP contribution in [-0.4, -0.2) is 17.1 Å². The third-order valence-corrected chi connectivity index (χ3v) is 2.42. The number of benzene rings is 1. The molecule has 0 aliphatic carbocycles. The van der Waals surface area contributed by atoms with E-state index >= 15 is 0 Å². The lowest BCUT2D eigenvalue weighted by atomic mass is 10.1. The first-order valence-corrected chi connectivity index (χ1v) is 5.11. The van der Waals surface area contributed by atoms with E-state index in [0.717, 1.165) is 11.3 Å². The van der Waals surface area contributed by atoms with Crippen molar-refractivity contribution in [2.45, 2.75) is 33.2 Å². The van der Waals surface area contributed by atoms with Gasteiger partial charge in [-0.15, -0.1) is 0 Å². The van der Waals surface area contributed by atoms with Crippen LogP contribution in [0.15, 0.2) is 18.2 Å². The van der Waals surface area contributed by atoms with Crippen LogP contribution in [0.25, 0.3) is 0 Å². The minimum Gasteiger partial charge on any atom is -0.480 e. The van der Waals surface area contributed by atoms with Crippen LogP contribution in [0.3, 0.4) is 0 Å². The number of aryl methyl sites for hydroxylation is 2. The van der Waals surface area contributed by atoms with Gasteiger partial charge in [-0.2, -0.15) is 0 Å². The molecule has 0 aromatic heterocycles. The molecule has 0 fully saturated rings. The summed E-state index contributed by atoms with van der Waals surface area (Å²) in [6, 6.07) is 5.43. The lowest BCUT2D eigenvalue weighted by Gasteiger charge is -2.15. The summed E-state index contributed by atoms with van der Waals surface area (Å²) in [4.78, 5) is 10.9. The van der Waals surface area contributed by atoms with Crippen LogP contribution in [0.2, 0.25) is 0 Å². The van der Waals surface area contributed by atoms with Gasteiger partial charge in [0.25, 0.3) is 0 Å². The lowest BCUT2D eigenvalue weighted by Crippen LogP contribution is -2.28. The van der Waals surface area contributed by atoms with Gasteiger partial charge < -0.3 is 10.4 Å². The molecule has 15 heavy (non-hydrogen) atoms. The smallest absolute Gasteiger partial charge is 0.326 e. The fraction of sp³-hybridized carbons (Fsp3) is 0.417. The Morgan fingerprint density at radius 3 is 2.60 bits per heavy atom. The maximum absolute atomic E-state index is 10.9. The van der Waals surface area contributed by atoms with Crippen molar-refractivity contribution in [1.82, 2.24) is 0 Å². The Kier molecular flexibility index (Phi) is 3.72. The van der Waals surface area contributed by atoms with Crippen molar-refractivity contribution in [3.05, 3.63) is 29.3 Å². The van der Waals surface area contributed by atoms with E-state index in [4.69, 9.17) is 5.11 Å². The van der Waals surface area contributed by atoms with Crippen LogP contribution in [0.5, 0.6) is 0 Å². The quantitative estimate of drug-likeness (QED) is 0.797. The number of hydrogen-bond donors (Lipinski definition) is 2. The fourth-order valence-electron chi connectivity index (χ4n) is 1.50. The predicted molar refractivity (Wildman–Crippen MR) is 61.3 cm³/mol. The van der Waals surface area contributed by atoms with E-state index in [1.807, 2.05) is 39.0 Å². The monoisotopic (exact) mass is 207 g/mol. The van der Waals surface area contributed by atoms with Gasteiger partial charge in [0.1, 0.15) is 6.04 Å². The van der Waals surface area contributed by atoms with E-state index in [1.54, 1.807) is 0 Å². The van der Waals surface area contributed by atoms with E-state index in [1.165, 1.54) is 5.56 Å².